The van der Waals surface area contributed by atoms with Crippen LogP contribution in [-0.4, -0.2) is 63.0 Å². The molecule has 0 radical (unpaired) electrons. The van der Waals surface area contributed by atoms with Gasteiger partial charge in [-0.15, -0.1) is 0 Å². The molecule has 1 aromatic heterocycles. The predicted octanol–water partition coefficient (Wildman–Crippen LogP) is -0.0290. The zero-order chi connectivity index (χ0) is 18.0. The summed E-state index contributed by atoms with van der Waals surface area (Å²) in [5.41, 5.74) is 6.36. The SMILES string of the molecule is CC(=O)N1CCN(C(=O)CCn2ncc3ccccc32)C[C@H]1C(N)=O. The number of primary amides is 1. The van der Waals surface area contributed by atoms with E-state index < -0.39 is 11.9 Å². The number of aromatic nitrogens is 2. The van der Waals surface area contributed by atoms with Crippen molar-refractivity contribution in [2.24, 2.45) is 5.73 Å². The highest BCUT2D eigenvalue weighted by Gasteiger charge is 2.34. The van der Waals surface area contributed by atoms with Gasteiger partial charge in [0.25, 0.3) is 0 Å². The topological polar surface area (TPSA) is 102 Å². The second kappa shape index (κ2) is 6.92. The highest BCUT2D eigenvalue weighted by atomic mass is 16.2. The molecule has 0 aliphatic carbocycles. The maximum Gasteiger partial charge on any atom is 0.242 e. The summed E-state index contributed by atoms with van der Waals surface area (Å²) in [6, 6.07) is 7.04. The normalized spacial score (nSPS) is 17.7. The van der Waals surface area contributed by atoms with E-state index in [0.29, 0.717) is 19.6 Å². The van der Waals surface area contributed by atoms with Crippen LogP contribution in [0.4, 0.5) is 0 Å². The average molecular weight is 343 g/mol. The molecule has 3 amide bonds. The van der Waals surface area contributed by atoms with Crippen molar-refractivity contribution in [1.82, 2.24) is 19.6 Å². The molecule has 1 aliphatic rings. The van der Waals surface area contributed by atoms with Crippen molar-refractivity contribution >= 4 is 28.6 Å². The van der Waals surface area contributed by atoms with Crippen LogP contribution in [0.5, 0.6) is 0 Å². The van der Waals surface area contributed by atoms with E-state index in [4.69, 9.17) is 5.73 Å². The number of para-hydroxylation sites is 1. The minimum absolute atomic E-state index is 0.0750. The lowest BCUT2D eigenvalue weighted by Crippen LogP contribution is -2.60. The Labute approximate surface area is 145 Å². The Morgan fingerprint density at radius 1 is 1.24 bits per heavy atom. The molecule has 1 atom stereocenters. The predicted molar refractivity (Wildman–Crippen MR) is 91.3 cm³/mol. The summed E-state index contributed by atoms with van der Waals surface area (Å²) in [6.45, 7) is 2.73. The molecule has 0 spiro atoms. The molecule has 2 heterocycles. The van der Waals surface area contributed by atoms with Gasteiger partial charge in [0.15, 0.2) is 0 Å². The van der Waals surface area contributed by atoms with Crippen LogP contribution in [0.15, 0.2) is 30.5 Å². The maximum absolute atomic E-state index is 12.5. The standard InChI is InChI=1S/C17H21N5O3/c1-12(23)21-9-8-20(11-15(21)17(18)25)16(24)6-7-22-14-5-3-2-4-13(14)10-19-22/h2-5,10,15H,6-9,11H2,1H3,(H2,18,25)/t15-/m0/s1. The van der Waals surface area contributed by atoms with Crippen molar-refractivity contribution in [1.29, 1.82) is 0 Å². The molecule has 0 unspecified atom stereocenters. The zero-order valence-corrected chi connectivity index (χ0v) is 14.1. The van der Waals surface area contributed by atoms with E-state index in [-0.39, 0.29) is 24.8 Å². The number of nitrogens with two attached hydrogens (primary N) is 1. The van der Waals surface area contributed by atoms with Gasteiger partial charge in [-0.2, -0.15) is 5.10 Å². The third kappa shape index (κ3) is 3.47. The Balaban J connectivity index is 1.63. The summed E-state index contributed by atoms with van der Waals surface area (Å²) >= 11 is 0. The Morgan fingerprint density at radius 2 is 2.00 bits per heavy atom. The van der Waals surface area contributed by atoms with Crippen LogP contribution in [0.1, 0.15) is 13.3 Å². The van der Waals surface area contributed by atoms with Gasteiger partial charge in [-0.25, -0.2) is 0 Å². The highest BCUT2D eigenvalue weighted by Crippen LogP contribution is 2.15. The molecule has 8 nitrogen and oxygen atoms in total. The lowest BCUT2D eigenvalue weighted by atomic mass is 10.1. The van der Waals surface area contributed by atoms with Crippen LogP contribution in [0.25, 0.3) is 10.9 Å². The van der Waals surface area contributed by atoms with Crippen LogP contribution in [0.3, 0.4) is 0 Å². The van der Waals surface area contributed by atoms with Crippen LogP contribution >= 0.6 is 0 Å². The number of rotatable bonds is 4. The summed E-state index contributed by atoms with van der Waals surface area (Å²) in [6.07, 6.45) is 2.05. The smallest absolute Gasteiger partial charge is 0.242 e. The first-order chi connectivity index (χ1) is 12.0. The van der Waals surface area contributed by atoms with Gasteiger partial charge >= 0.3 is 0 Å². The zero-order valence-electron chi connectivity index (χ0n) is 14.1. The Morgan fingerprint density at radius 3 is 2.72 bits per heavy atom. The molecule has 1 aliphatic heterocycles. The van der Waals surface area contributed by atoms with Gasteiger partial charge < -0.3 is 15.5 Å². The second-order valence-corrected chi connectivity index (χ2v) is 6.15. The summed E-state index contributed by atoms with van der Waals surface area (Å²) in [5.74, 6) is -0.876. The molecule has 1 aromatic carbocycles. The fourth-order valence-electron chi connectivity index (χ4n) is 3.19. The summed E-state index contributed by atoms with van der Waals surface area (Å²) in [5, 5.41) is 5.34. The highest BCUT2D eigenvalue weighted by molar-refractivity contribution is 5.87. The van der Waals surface area contributed by atoms with Crippen molar-refractivity contribution in [3.8, 4) is 0 Å². The fourth-order valence-corrected chi connectivity index (χ4v) is 3.19. The first-order valence-corrected chi connectivity index (χ1v) is 8.22. The maximum atomic E-state index is 12.5. The van der Waals surface area contributed by atoms with Crippen molar-refractivity contribution in [3.63, 3.8) is 0 Å². The number of hydrogen-bond donors (Lipinski definition) is 1. The molecule has 8 heteroatoms. The molecular formula is C17H21N5O3. The molecule has 2 aromatic rings. The number of carbonyl (C=O) groups is 3. The average Bonchev–Trinajstić information content (AvgIpc) is 3.02. The number of aryl methyl sites for hydroxylation is 1. The molecule has 132 valence electrons. The monoisotopic (exact) mass is 343 g/mol. The lowest BCUT2D eigenvalue weighted by Gasteiger charge is -2.39. The molecule has 25 heavy (non-hydrogen) atoms. The van der Waals surface area contributed by atoms with Crippen LogP contribution in [0, 0.1) is 0 Å². The third-order valence-electron chi connectivity index (χ3n) is 4.55. The van der Waals surface area contributed by atoms with E-state index in [1.54, 1.807) is 15.8 Å². The summed E-state index contributed by atoms with van der Waals surface area (Å²) in [7, 11) is 0. The molecule has 1 saturated heterocycles. The first kappa shape index (κ1) is 16.9. The Hall–Kier alpha value is -2.90. The summed E-state index contributed by atoms with van der Waals surface area (Å²) < 4.78 is 1.80. The van der Waals surface area contributed by atoms with Gasteiger partial charge in [0.05, 0.1) is 24.8 Å². The van der Waals surface area contributed by atoms with Crippen molar-refractivity contribution in [2.75, 3.05) is 19.6 Å². The Bertz CT molecular complexity index is 815. The molecule has 3 rings (SSSR count). The molecule has 2 N–H and O–H groups in total. The van der Waals surface area contributed by atoms with Crippen molar-refractivity contribution in [2.45, 2.75) is 25.9 Å². The quantitative estimate of drug-likeness (QED) is 0.842. The Kier molecular flexibility index (Phi) is 4.69. The van der Waals surface area contributed by atoms with Crippen LogP contribution in [0.2, 0.25) is 0 Å². The van der Waals surface area contributed by atoms with Gasteiger partial charge in [-0.05, 0) is 6.07 Å². The van der Waals surface area contributed by atoms with E-state index in [1.165, 1.54) is 11.8 Å². The second-order valence-electron chi connectivity index (χ2n) is 6.15. The van der Waals surface area contributed by atoms with Gasteiger partial charge in [-0.3, -0.25) is 19.1 Å². The van der Waals surface area contributed by atoms with Crippen molar-refractivity contribution < 1.29 is 14.4 Å². The minimum Gasteiger partial charge on any atom is -0.368 e. The van der Waals surface area contributed by atoms with Crippen LogP contribution < -0.4 is 5.73 Å². The number of piperazine rings is 1. The van der Waals surface area contributed by atoms with E-state index >= 15 is 0 Å². The lowest BCUT2D eigenvalue weighted by molar-refractivity contribution is -0.146. The third-order valence-corrected chi connectivity index (χ3v) is 4.55. The van der Waals surface area contributed by atoms with E-state index in [2.05, 4.69) is 5.10 Å². The molecular weight excluding hydrogens is 322 g/mol. The number of carbonyl (C=O) groups excluding carboxylic acids is 3. The minimum atomic E-state index is -0.763. The van der Waals surface area contributed by atoms with Gasteiger partial charge in [0.2, 0.25) is 17.7 Å². The first-order valence-electron chi connectivity index (χ1n) is 8.22. The number of amides is 3. The number of fused-ring (bicyclic) bond motifs is 1. The largest absolute Gasteiger partial charge is 0.368 e. The fraction of sp³-hybridized carbons (Fsp3) is 0.412. The van der Waals surface area contributed by atoms with E-state index in [1.807, 2.05) is 24.3 Å². The van der Waals surface area contributed by atoms with Crippen LogP contribution in [-0.2, 0) is 20.9 Å². The number of nitrogens with zero attached hydrogens (tertiary/aromatic N) is 4. The van der Waals surface area contributed by atoms with Gasteiger partial charge in [0, 0.05) is 31.8 Å². The molecule has 0 saturated carbocycles. The molecule has 1 fully saturated rings. The van der Waals surface area contributed by atoms with E-state index in [0.717, 1.165) is 10.9 Å². The van der Waals surface area contributed by atoms with E-state index in [9.17, 15) is 14.4 Å². The molecule has 0 bridgehead atoms. The number of benzene rings is 1. The van der Waals surface area contributed by atoms with Gasteiger partial charge in [-0.1, -0.05) is 18.2 Å². The van der Waals surface area contributed by atoms with Gasteiger partial charge in [0.1, 0.15) is 6.04 Å². The number of hydrogen-bond acceptors (Lipinski definition) is 4. The summed E-state index contributed by atoms with van der Waals surface area (Å²) in [4.78, 5) is 38.7. The van der Waals surface area contributed by atoms with Crippen molar-refractivity contribution in [3.05, 3.63) is 30.5 Å².